The summed E-state index contributed by atoms with van der Waals surface area (Å²) in [5, 5.41) is 9.32. The van der Waals surface area contributed by atoms with Crippen LogP contribution in [0.4, 0.5) is 0 Å². The summed E-state index contributed by atoms with van der Waals surface area (Å²) in [6.07, 6.45) is 10.5. The molecule has 5 nitrogen and oxygen atoms in total. The predicted molar refractivity (Wildman–Crippen MR) is 93.7 cm³/mol. The zero-order valence-corrected chi connectivity index (χ0v) is 15.3. The van der Waals surface area contributed by atoms with Crippen molar-refractivity contribution in [1.82, 2.24) is 0 Å². The third-order valence-electron chi connectivity index (χ3n) is 5.06. The van der Waals surface area contributed by atoms with Gasteiger partial charge in [0.25, 0.3) is 0 Å². The Morgan fingerprint density at radius 1 is 1.22 bits per heavy atom. The summed E-state index contributed by atoms with van der Waals surface area (Å²) in [5.41, 5.74) is 6.00. The Morgan fingerprint density at radius 3 is 2.43 bits per heavy atom. The summed E-state index contributed by atoms with van der Waals surface area (Å²) in [5.74, 6) is -2.07. The second-order valence-corrected chi connectivity index (χ2v) is 9.67. The van der Waals surface area contributed by atoms with Crippen LogP contribution >= 0.6 is 7.37 Å². The van der Waals surface area contributed by atoms with Gasteiger partial charge in [-0.3, -0.25) is 9.36 Å². The van der Waals surface area contributed by atoms with Crippen LogP contribution in [0.3, 0.4) is 0 Å². The minimum Gasteiger partial charge on any atom is -0.481 e. The first kappa shape index (κ1) is 20.7. The molecule has 0 bridgehead atoms. The van der Waals surface area contributed by atoms with E-state index in [9.17, 15) is 19.4 Å². The van der Waals surface area contributed by atoms with Crippen molar-refractivity contribution in [3.63, 3.8) is 0 Å². The van der Waals surface area contributed by atoms with Crippen LogP contribution in [0.5, 0.6) is 0 Å². The van der Waals surface area contributed by atoms with Gasteiger partial charge in [0.1, 0.15) is 0 Å². The van der Waals surface area contributed by atoms with Gasteiger partial charge in [-0.15, -0.1) is 0 Å². The molecule has 1 rings (SSSR count). The normalized spacial score (nSPS) is 21.5. The molecule has 1 fully saturated rings. The molecule has 0 amide bonds. The average molecular weight is 347 g/mol. The van der Waals surface area contributed by atoms with Crippen molar-refractivity contribution >= 4 is 13.3 Å². The van der Waals surface area contributed by atoms with Gasteiger partial charge < -0.3 is 15.7 Å². The van der Waals surface area contributed by atoms with Crippen LogP contribution in [0.15, 0.2) is 0 Å². The maximum absolute atomic E-state index is 12.6. The molecule has 0 spiro atoms. The summed E-state index contributed by atoms with van der Waals surface area (Å²) in [6.45, 7) is 2.10. The van der Waals surface area contributed by atoms with Crippen molar-refractivity contribution in [3.05, 3.63) is 0 Å². The zero-order valence-electron chi connectivity index (χ0n) is 14.5. The number of carboxylic acid groups (broad SMARTS) is 1. The fourth-order valence-electron chi connectivity index (χ4n) is 3.49. The van der Waals surface area contributed by atoms with E-state index in [4.69, 9.17) is 5.73 Å². The Bertz CT molecular complexity index is 396. The number of hydrogen-bond donors (Lipinski definition) is 3. The molecule has 6 heteroatoms. The minimum atomic E-state index is -3.62. The summed E-state index contributed by atoms with van der Waals surface area (Å²) < 4.78 is 12.6. The van der Waals surface area contributed by atoms with E-state index in [0.717, 1.165) is 38.5 Å². The highest BCUT2D eigenvalue weighted by Gasteiger charge is 2.35. The zero-order chi connectivity index (χ0) is 17.3. The average Bonchev–Trinajstić information content (AvgIpc) is 2.51. The van der Waals surface area contributed by atoms with Gasteiger partial charge >= 0.3 is 5.97 Å². The molecule has 23 heavy (non-hydrogen) atoms. The third kappa shape index (κ3) is 7.82. The van der Waals surface area contributed by atoms with E-state index in [0.29, 0.717) is 18.8 Å². The van der Waals surface area contributed by atoms with Gasteiger partial charge in [0.2, 0.25) is 7.37 Å². The molecule has 0 radical (unpaired) electrons. The van der Waals surface area contributed by atoms with Gasteiger partial charge in [-0.05, 0) is 18.8 Å². The van der Waals surface area contributed by atoms with E-state index in [2.05, 4.69) is 6.92 Å². The van der Waals surface area contributed by atoms with E-state index in [1.807, 2.05) is 0 Å². The number of nitrogens with two attached hydrogens (primary N) is 1. The first-order valence-corrected chi connectivity index (χ1v) is 11.1. The first-order valence-electron chi connectivity index (χ1n) is 9.16. The number of carbonyl (C=O) groups is 1. The highest BCUT2D eigenvalue weighted by molar-refractivity contribution is 7.58. The Kier molecular flexibility index (Phi) is 9.41. The molecular formula is C17H34NO4P. The number of unbranched alkanes of at least 4 members (excludes halogenated alkanes) is 3. The predicted octanol–water partition coefficient (Wildman–Crippen LogP) is 4.18. The van der Waals surface area contributed by atoms with Crippen molar-refractivity contribution in [2.24, 2.45) is 17.6 Å². The second-order valence-electron chi connectivity index (χ2n) is 7.13. The molecule has 1 aliphatic rings. The van der Waals surface area contributed by atoms with Crippen LogP contribution in [-0.4, -0.2) is 27.9 Å². The van der Waals surface area contributed by atoms with E-state index < -0.39 is 25.0 Å². The molecule has 0 saturated heterocycles. The van der Waals surface area contributed by atoms with Crippen molar-refractivity contribution in [2.45, 2.75) is 83.3 Å². The van der Waals surface area contributed by atoms with E-state index >= 15 is 0 Å². The van der Waals surface area contributed by atoms with E-state index in [-0.39, 0.29) is 6.16 Å². The van der Waals surface area contributed by atoms with Gasteiger partial charge in [-0.1, -0.05) is 64.7 Å². The van der Waals surface area contributed by atoms with Crippen LogP contribution < -0.4 is 5.73 Å². The minimum absolute atomic E-state index is 0.178. The highest BCUT2D eigenvalue weighted by atomic mass is 31.2. The van der Waals surface area contributed by atoms with Crippen LogP contribution in [0.2, 0.25) is 0 Å². The van der Waals surface area contributed by atoms with Crippen LogP contribution in [-0.2, 0) is 9.36 Å². The summed E-state index contributed by atoms with van der Waals surface area (Å²) >= 11 is 0. The van der Waals surface area contributed by atoms with Crippen molar-refractivity contribution in [3.8, 4) is 0 Å². The van der Waals surface area contributed by atoms with Crippen molar-refractivity contribution < 1.29 is 19.4 Å². The molecule has 3 atom stereocenters. The van der Waals surface area contributed by atoms with Gasteiger partial charge in [-0.2, -0.15) is 0 Å². The smallest absolute Gasteiger partial charge is 0.307 e. The molecule has 0 aromatic carbocycles. The van der Waals surface area contributed by atoms with Crippen LogP contribution in [0.1, 0.15) is 77.6 Å². The van der Waals surface area contributed by atoms with Crippen molar-refractivity contribution in [2.75, 3.05) is 6.16 Å². The molecule has 0 aliphatic heterocycles. The van der Waals surface area contributed by atoms with E-state index in [1.165, 1.54) is 19.3 Å². The van der Waals surface area contributed by atoms with Crippen molar-refractivity contribution in [1.29, 1.82) is 0 Å². The van der Waals surface area contributed by atoms with Crippen LogP contribution in [0.25, 0.3) is 0 Å². The topological polar surface area (TPSA) is 101 Å². The molecule has 1 aliphatic carbocycles. The monoisotopic (exact) mass is 347 g/mol. The Labute approximate surface area is 140 Å². The first-order chi connectivity index (χ1) is 10.9. The molecule has 3 unspecified atom stereocenters. The van der Waals surface area contributed by atoms with Gasteiger partial charge in [0, 0.05) is 6.16 Å². The van der Waals surface area contributed by atoms with E-state index in [1.54, 1.807) is 0 Å². The molecule has 1 saturated carbocycles. The molecule has 136 valence electrons. The molecule has 4 N–H and O–H groups in total. The Morgan fingerprint density at radius 2 is 1.87 bits per heavy atom. The fourth-order valence-corrected chi connectivity index (χ4v) is 5.36. The quantitative estimate of drug-likeness (QED) is 0.384. The molecule has 0 aromatic rings. The summed E-state index contributed by atoms with van der Waals surface area (Å²) in [4.78, 5) is 21.7. The number of carboxylic acids is 1. The largest absolute Gasteiger partial charge is 0.481 e. The third-order valence-corrected chi connectivity index (χ3v) is 7.27. The SMILES string of the molecule is CCCCCCC(CP(=O)(O)C(N)CC1CCCCC1)C(=O)O. The van der Waals surface area contributed by atoms with Gasteiger partial charge in [0.05, 0.1) is 11.7 Å². The standard InChI is InChI=1S/C17H34NO4P/c1-2-3-4-8-11-15(17(19)20)13-23(21,22)16(18)12-14-9-6-5-7-10-14/h14-16H,2-13,18H2,1H3,(H,19,20)(H,21,22). The van der Waals surface area contributed by atoms with Crippen LogP contribution in [0, 0.1) is 11.8 Å². The highest BCUT2D eigenvalue weighted by Crippen LogP contribution is 2.49. The fraction of sp³-hybridized carbons (Fsp3) is 0.941. The van der Waals surface area contributed by atoms with Gasteiger partial charge in [0.15, 0.2) is 0 Å². The second kappa shape index (κ2) is 10.5. The summed E-state index contributed by atoms with van der Waals surface area (Å²) in [7, 11) is -3.62. The maximum atomic E-state index is 12.6. The lowest BCUT2D eigenvalue weighted by atomic mass is 9.87. The lowest BCUT2D eigenvalue weighted by Crippen LogP contribution is -2.29. The number of hydrogen-bond acceptors (Lipinski definition) is 3. The maximum Gasteiger partial charge on any atom is 0.307 e. The Balaban J connectivity index is 2.50. The lowest BCUT2D eigenvalue weighted by Gasteiger charge is -2.28. The summed E-state index contributed by atoms with van der Waals surface area (Å²) in [6, 6.07) is 0. The Hall–Kier alpha value is -0.380. The van der Waals surface area contributed by atoms with Gasteiger partial charge in [-0.25, -0.2) is 0 Å². The number of aliphatic carboxylic acids is 1. The molecule has 0 aromatic heterocycles. The lowest BCUT2D eigenvalue weighted by molar-refractivity contribution is -0.141. The number of rotatable bonds is 11. The molecular weight excluding hydrogens is 313 g/mol. The molecule has 0 heterocycles.